The van der Waals surface area contributed by atoms with E-state index < -0.39 is 0 Å². The molecule has 0 fully saturated rings. The number of nitrogen functional groups attached to an aromatic ring is 1. The van der Waals surface area contributed by atoms with Crippen LogP contribution in [0.5, 0.6) is 0 Å². The van der Waals surface area contributed by atoms with Gasteiger partial charge < -0.3 is 16.0 Å². The molecule has 1 aromatic rings. The standard InChI is InChI=1S/C12H19ClN4O/c1-8(2)17(3)7-6-15-12(18)11-9(13)4-5-10(14)16-11/h4-5,8H,6-7H2,1-3H3,(H2,14,16)(H,15,18). The Hall–Kier alpha value is -1.33. The van der Waals surface area contributed by atoms with Crippen molar-refractivity contribution in [3.05, 3.63) is 22.8 Å². The third-order valence-corrected chi connectivity index (χ3v) is 3.02. The van der Waals surface area contributed by atoms with E-state index in [4.69, 9.17) is 17.3 Å². The minimum atomic E-state index is -0.301. The number of nitrogens with one attached hydrogen (secondary N) is 1. The van der Waals surface area contributed by atoms with Gasteiger partial charge in [-0.3, -0.25) is 4.79 Å². The van der Waals surface area contributed by atoms with Crippen LogP contribution in [0.1, 0.15) is 24.3 Å². The molecule has 0 bridgehead atoms. The zero-order valence-electron chi connectivity index (χ0n) is 10.9. The Morgan fingerprint density at radius 3 is 2.83 bits per heavy atom. The summed E-state index contributed by atoms with van der Waals surface area (Å²) in [5.41, 5.74) is 5.69. The van der Waals surface area contributed by atoms with Gasteiger partial charge in [0.05, 0.1) is 5.02 Å². The SMILES string of the molecule is CC(C)N(C)CCNC(=O)c1nc(N)ccc1Cl. The number of pyridine rings is 1. The number of hydrogen-bond donors (Lipinski definition) is 2. The van der Waals surface area contributed by atoms with Crippen LogP contribution < -0.4 is 11.1 Å². The molecule has 1 rings (SSSR count). The quantitative estimate of drug-likeness (QED) is 0.848. The Morgan fingerprint density at radius 1 is 1.56 bits per heavy atom. The van der Waals surface area contributed by atoms with Crippen LogP contribution >= 0.6 is 11.6 Å². The summed E-state index contributed by atoms with van der Waals surface area (Å²) in [6, 6.07) is 3.57. The topological polar surface area (TPSA) is 71.2 Å². The van der Waals surface area contributed by atoms with E-state index in [2.05, 4.69) is 29.0 Å². The summed E-state index contributed by atoms with van der Waals surface area (Å²) >= 11 is 5.89. The normalized spacial score (nSPS) is 11.0. The molecule has 1 amide bonds. The molecule has 5 nitrogen and oxygen atoms in total. The van der Waals surface area contributed by atoms with Gasteiger partial charge in [0.25, 0.3) is 5.91 Å². The number of anilines is 1. The Kier molecular flexibility index (Phi) is 5.37. The molecule has 0 radical (unpaired) electrons. The van der Waals surface area contributed by atoms with Crippen LogP contribution in [0.25, 0.3) is 0 Å². The van der Waals surface area contributed by atoms with Crippen molar-refractivity contribution in [2.24, 2.45) is 0 Å². The van der Waals surface area contributed by atoms with Crippen LogP contribution in [-0.2, 0) is 0 Å². The first-order valence-corrected chi connectivity index (χ1v) is 6.20. The number of carbonyl (C=O) groups is 1. The van der Waals surface area contributed by atoms with Gasteiger partial charge in [-0.25, -0.2) is 4.98 Å². The maximum atomic E-state index is 11.8. The first kappa shape index (κ1) is 14.7. The molecule has 1 aromatic heterocycles. The summed E-state index contributed by atoms with van der Waals surface area (Å²) < 4.78 is 0. The molecule has 0 aromatic carbocycles. The van der Waals surface area contributed by atoms with E-state index in [1.54, 1.807) is 12.1 Å². The van der Waals surface area contributed by atoms with Crippen molar-refractivity contribution in [3.8, 4) is 0 Å². The molecular weight excluding hydrogens is 252 g/mol. The monoisotopic (exact) mass is 270 g/mol. The summed E-state index contributed by atoms with van der Waals surface area (Å²) in [5, 5.41) is 3.07. The van der Waals surface area contributed by atoms with E-state index in [1.165, 1.54) is 0 Å². The van der Waals surface area contributed by atoms with Crippen LogP contribution in [-0.4, -0.2) is 42.0 Å². The number of nitrogens with two attached hydrogens (primary N) is 1. The molecule has 0 aliphatic heterocycles. The van der Waals surface area contributed by atoms with Gasteiger partial charge >= 0.3 is 0 Å². The van der Waals surface area contributed by atoms with E-state index in [0.29, 0.717) is 17.6 Å². The van der Waals surface area contributed by atoms with E-state index in [-0.39, 0.29) is 17.4 Å². The second kappa shape index (κ2) is 6.56. The predicted octanol–water partition coefficient (Wildman–Crippen LogP) is 1.39. The summed E-state index contributed by atoms with van der Waals surface area (Å²) in [7, 11) is 2.00. The lowest BCUT2D eigenvalue weighted by molar-refractivity contribution is 0.0943. The van der Waals surface area contributed by atoms with Crippen molar-refractivity contribution in [3.63, 3.8) is 0 Å². The first-order valence-electron chi connectivity index (χ1n) is 5.82. The maximum Gasteiger partial charge on any atom is 0.271 e. The van der Waals surface area contributed by atoms with Crippen LogP contribution in [0.4, 0.5) is 5.82 Å². The smallest absolute Gasteiger partial charge is 0.271 e. The average molecular weight is 271 g/mol. The third-order valence-electron chi connectivity index (χ3n) is 2.71. The van der Waals surface area contributed by atoms with Gasteiger partial charge in [0, 0.05) is 19.1 Å². The third kappa shape index (κ3) is 4.16. The largest absolute Gasteiger partial charge is 0.384 e. The molecule has 0 aliphatic rings. The molecule has 0 unspecified atom stereocenters. The van der Waals surface area contributed by atoms with Crippen LogP contribution in [0, 0.1) is 0 Å². The second-order valence-corrected chi connectivity index (χ2v) is 4.80. The average Bonchev–Trinajstić information content (AvgIpc) is 2.31. The lowest BCUT2D eigenvalue weighted by Gasteiger charge is -2.20. The lowest BCUT2D eigenvalue weighted by atomic mass is 10.3. The second-order valence-electron chi connectivity index (χ2n) is 4.40. The zero-order chi connectivity index (χ0) is 13.7. The van der Waals surface area contributed by atoms with Crippen molar-refractivity contribution >= 4 is 23.3 Å². The van der Waals surface area contributed by atoms with E-state index in [0.717, 1.165) is 6.54 Å². The van der Waals surface area contributed by atoms with Crippen molar-refractivity contribution in [1.29, 1.82) is 0 Å². The number of rotatable bonds is 5. The molecule has 0 atom stereocenters. The van der Waals surface area contributed by atoms with Gasteiger partial charge in [-0.2, -0.15) is 0 Å². The summed E-state index contributed by atoms with van der Waals surface area (Å²) in [6.07, 6.45) is 0. The highest BCUT2D eigenvalue weighted by Gasteiger charge is 2.12. The minimum absolute atomic E-state index is 0.170. The van der Waals surface area contributed by atoms with Crippen LogP contribution in [0.15, 0.2) is 12.1 Å². The van der Waals surface area contributed by atoms with Crippen molar-refractivity contribution in [2.75, 3.05) is 25.9 Å². The summed E-state index contributed by atoms with van der Waals surface area (Å²) in [5.74, 6) is -0.0201. The Labute approximate surface area is 112 Å². The van der Waals surface area contributed by atoms with Crippen molar-refractivity contribution < 1.29 is 4.79 Å². The van der Waals surface area contributed by atoms with Crippen molar-refractivity contribution in [2.45, 2.75) is 19.9 Å². The molecule has 3 N–H and O–H groups in total. The molecule has 0 saturated heterocycles. The number of amides is 1. The van der Waals surface area contributed by atoms with Gasteiger partial charge in [0.15, 0.2) is 0 Å². The highest BCUT2D eigenvalue weighted by atomic mass is 35.5. The van der Waals surface area contributed by atoms with Gasteiger partial charge in [-0.1, -0.05) is 11.6 Å². The van der Waals surface area contributed by atoms with Gasteiger partial charge in [-0.15, -0.1) is 0 Å². The molecule has 6 heteroatoms. The fourth-order valence-electron chi connectivity index (χ4n) is 1.30. The number of halogens is 1. The molecule has 18 heavy (non-hydrogen) atoms. The number of likely N-dealkylation sites (N-methyl/N-ethyl adjacent to an activating group) is 1. The number of carbonyl (C=O) groups excluding carboxylic acids is 1. The molecule has 1 heterocycles. The van der Waals surface area contributed by atoms with E-state index in [9.17, 15) is 4.79 Å². The lowest BCUT2D eigenvalue weighted by Crippen LogP contribution is -2.36. The van der Waals surface area contributed by atoms with Crippen LogP contribution in [0.3, 0.4) is 0 Å². The highest BCUT2D eigenvalue weighted by Crippen LogP contribution is 2.14. The number of aromatic nitrogens is 1. The summed E-state index contributed by atoms with van der Waals surface area (Å²) in [6.45, 7) is 5.50. The molecule has 0 saturated carbocycles. The van der Waals surface area contributed by atoms with Crippen molar-refractivity contribution in [1.82, 2.24) is 15.2 Å². The Morgan fingerprint density at radius 2 is 2.22 bits per heavy atom. The predicted molar refractivity (Wildman–Crippen MR) is 73.8 cm³/mol. The molecular formula is C12H19ClN4O. The molecule has 0 spiro atoms. The number of nitrogens with zero attached hydrogens (tertiary/aromatic N) is 2. The highest BCUT2D eigenvalue weighted by molar-refractivity contribution is 6.33. The van der Waals surface area contributed by atoms with Gasteiger partial charge in [-0.05, 0) is 33.0 Å². The zero-order valence-corrected chi connectivity index (χ0v) is 11.7. The first-order chi connectivity index (χ1) is 8.41. The number of hydrogen-bond acceptors (Lipinski definition) is 4. The van der Waals surface area contributed by atoms with E-state index >= 15 is 0 Å². The Bertz CT molecular complexity index is 423. The Balaban J connectivity index is 2.53. The van der Waals surface area contributed by atoms with E-state index in [1.807, 2.05) is 7.05 Å². The van der Waals surface area contributed by atoms with Crippen LogP contribution in [0.2, 0.25) is 5.02 Å². The molecule has 100 valence electrons. The summed E-state index contributed by atoms with van der Waals surface area (Å²) in [4.78, 5) is 17.9. The fraction of sp³-hybridized carbons (Fsp3) is 0.500. The fourth-order valence-corrected chi connectivity index (χ4v) is 1.50. The molecule has 0 aliphatic carbocycles. The minimum Gasteiger partial charge on any atom is -0.384 e. The van der Waals surface area contributed by atoms with Gasteiger partial charge in [0.1, 0.15) is 11.5 Å². The van der Waals surface area contributed by atoms with Gasteiger partial charge in [0.2, 0.25) is 0 Å². The maximum absolute atomic E-state index is 11.8.